The minimum absolute atomic E-state index is 0.0226. The van der Waals surface area contributed by atoms with Gasteiger partial charge in [0.05, 0.1) is 19.0 Å². The van der Waals surface area contributed by atoms with E-state index in [1.165, 1.54) is 28.8 Å². The third kappa shape index (κ3) is 2.46. The van der Waals surface area contributed by atoms with Gasteiger partial charge in [0.25, 0.3) is 0 Å². The Balaban J connectivity index is 2.49. The molecule has 9 nitrogen and oxygen atoms in total. The topological polar surface area (TPSA) is 123 Å². The van der Waals surface area contributed by atoms with Gasteiger partial charge in [-0.25, -0.2) is 9.31 Å². The summed E-state index contributed by atoms with van der Waals surface area (Å²) in [6.45, 7) is -0.0226. The summed E-state index contributed by atoms with van der Waals surface area (Å²) in [5.41, 5.74) is 6.03. The number of carbonyl (C=O) groups excluding carboxylic acids is 1. The van der Waals surface area contributed by atoms with E-state index in [9.17, 15) is 14.7 Å². The summed E-state index contributed by atoms with van der Waals surface area (Å²) in [5.74, 6) is -1.63. The smallest absolute Gasteiger partial charge is 0.339 e. The molecule has 0 saturated heterocycles. The second-order valence-electron chi connectivity index (χ2n) is 4.09. The van der Waals surface area contributed by atoms with Crippen LogP contribution in [0.5, 0.6) is 0 Å². The van der Waals surface area contributed by atoms with E-state index >= 15 is 0 Å². The number of nitrogens with zero attached hydrogens (tertiary/aromatic N) is 4. The van der Waals surface area contributed by atoms with Gasteiger partial charge in [-0.2, -0.15) is 4.98 Å². The molecule has 0 spiro atoms. The lowest BCUT2D eigenvalue weighted by atomic mass is 10.2. The van der Waals surface area contributed by atoms with Crippen LogP contribution in [0.4, 0.5) is 11.6 Å². The second-order valence-corrected chi connectivity index (χ2v) is 4.09. The highest BCUT2D eigenvalue weighted by Crippen LogP contribution is 2.19. The van der Waals surface area contributed by atoms with E-state index in [0.29, 0.717) is 5.69 Å². The van der Waals surface area contributed by atoms with Crippen LogP contribution < -0.4 is 10.6 Å². The molecule has 0 aliphatic heterocycles. The van der Waals surface area contributed by atoms with Crippen LogP contribution in [0.1, 0.15) is 10.4 Å². The highest BCUT2D eigenvalue weighted by molar-refractivity contribution is 5.95. The zero-order valence-corrected chi connectivity index (χ0v) is 10.9. The molecule has 0 saturated carbocycles. The summed E-state index contributed by atoms with van der Waals surface area (Å²) in [6, 6.07) is 1.40. The van der Waals surface area contributed by atoms with Gasteiger partial charge < -0.3 is 20.5 Å². The number of methoxy groups -OCH3 is 1. The number of hydrogen-bond acceptors (Lipinski definition) is 7. The number of nitrogens with two attached hydrogens (primary N) is 1. The third-order valence-electron chi connectivity index (χ3n) is 2.70. The molecule has 0 aliphatic rings. The van der Waals surface area contributed by atoms with Crippen molar-refractivity contribution in [2.75, 3.05) is 31.3 Å². The molecule has 20 heavy (non-hydrogen) atoms. The number of pyridine rings is 1. The number of carboxylic acids is 1. The molecule has 9 heteroatoms. The van der Waals surface area contributed by atoms with Crippen LogP contribution >= 0.6 is 0 Å². The Bertz CT molecular complexity index is 681. The number of aromatic carboxylic acids is 1. The molecule has 0 aromatic carbocycles. The summed E-state index contributed by atoms with van der Waals surface area (Å²) in [4.78, 5) is 27.9. The number of ether oxygens (including phenoxy) is 1. The van der Waals surface area contributed by atoms with Gasteiger partial charge in [0, 0.05) is 7.05 Å². The largest absolute Gasteiger partial charge is 0.478 e. The van der Waals surface area contributed by atoms with Gasteiger partial charge >= 0.3 is 11.9 Å². The number of rotatable bonds is 4. The van der Waals surface area contributed by atoms with Crippen molar-refractivity contribution in [1.29, 1.82) is 0 Å². The Hall–Kier alpha value is -2.84. The van der Waals surface area contributed by atoms with Crippen molar-refractivity contribution in [3.63, 3.8) is 0 Å². The number of carboxylic acid groups (broad SMARTS) is 1. The lowest BCUT2D eigenvalue weighted by Crippen LogP contribution is -2.27. The number of nitrogen functional groups attached to an aromatic ring is 1. The van der Waals surface area contributed by atoms with Crippen LogP contribution in [0.15, 0.2) is 12.3 Å². The average molecular weight is 279 g/mol. The van der Waals surface area contributed by atoms with E-state index in [-0.39, 0.29) is 23.7 Å². The van der Waals surface area contributed by atoms with Crippen LogP contribution in [0.2, 0.25) is 0 Å². The van der Waals surface area contributed by atoms with E-state index in [4.69, 9.17) is 5.73 Å². The number of hydrogen-bond donors (Lipinski definition) is 2. The average Bonchev–Trinajstić information content (AvgIpc) is 2.76. The van der Waals surface area contributed by atoms with E-state index in [2.05, 4.69) is 14.8 Å². The van der Waals surface area contributed by atoms with Gasteiger partial charge in [0.15, 0.2) is 5.65 Å². The number of carbonyl (C=O) groups is 2. The van der Waals surface area contributed by atoms with Crippen LogP contribution in [0.3, 0.4) is 0 Å². The lowest BCUT2D eigenvalue weighted by Gasteiger charge is -2.18. The molecule has 0 radical (unpaired) electrons. The first-order chi connectivity index (χ1) is 9.42. The molecule has 0 unspecified atom stereocenters. The summed E-state index contributed by atoms with van der Waals surface area (Å²) < 4.78 is 5.83. The van der Waals surface area contributed by atoms with Crippen LogP contribution in [-0.2, 0) is 9.53 Å². The third-order valence-corrected chi connectivity index (χ3v) is 2.70. The summed E-state index contributed by atoms with van der Waals surface area (Å²) >= 11 is 0. The predicted octanol–water partition coefficient (Wildman–Crippen LogP) is -0.381. The van der Waals surface area contributed by atoms with Gasteiger partial charge in [0.2, 0.25) is 5.95 Å². The second kappa shape index (κ2) is 5.03. The molecule has 2 aromatic rings. The maximum atomic E-state index is 11.2. The van der Waals surface area contributed by atoms with E-state index in [0.717, 1.165) is 0 Å². The van der Waals surface area contributed by atoms with Crippen LogP contribution in [0.25, 0.3) is 5.65 Å². The molecule has 106 valence electrons. The Morgan fingerprint density at radius 3 is 2.85 bits per heavy atom. The summed E-state index contributed by atoms with van der Waals surface area (Å²) in [7, 11) is 2.91. The van der Waals surface area contributed by atoms with Crippen molar-refractivity contribution in [3.05, 3.63) is 17.8 Å². The number of anilines is 2. The maximum Gasteiger partial charge on any atom is 0.339 e. The van der Waals surface area contributed by atoms with Crippen LogP contribution in [-0.4, -0.2) is 52.3 Å². The molecular formula is C11H13N5O4. The van der Waals surface area contributed by atoms with Crippen molar-refractivity contribution in [2.45, 2.75) is 0 Å². The van der Waals surface area contributed by atoms with E-state index < -0.39 is 11.9 Å². The molecule has 3 N–H and O–H groups in total. The molecular weight excluding hydrogens is 266 g/mol. The molecule has 0 aliphatic carbocycles. The number of fused-ring (bicyclic) bond motifs is 1. The maximum absolute atomic E-state index is 11.2. The number of aromatic nitrogens is 3. The first-order valence-corrected chi connectivity index (χ1v) is 5.59. The minimum Gasteiger partial charge on any atom is -0.478 e. The van der Waals surface area contributed by atoms with Crippen molar-refractivity contribution in [1.82, 2.24) is 14.6 Å². The predicted molar refractivity (Wildman–Crippen MR) is 69.6 cm³/mol. The minimum atomic E-state index is -1.16. The molecule has 0 fully saturated rings. The molecule has 2 heterocycles. The van der Waals surface area contributed by atoms with Gasteiger partial charge in [-0.1, -0.05) is 0 Å². The van der Waals surface area contributed by atoms with Crippen molar-refractivity contribution >= 4 is 29.2 Å². The highest BCUT2D eigenvalue weighted by Gasteiger charge is 2.17. The normalized spacial score (nSPS) is 10.5. The van der Waals surface area contributed by atoms with Gasteiger partial charge in [0.1, 0.15) is 12.1 Å². The zero-order chi connectivity index (χ0) is 14.9. The first-order valence-electron chi connectivity index (χ1n) is 5.59. The highest BCUT2D eigenvalue weighted by atomic mass is 16.5. The van der Waals surface area contributed by atoms with Gasteiger partial charge in [-0.05, 0) is 6.07 Å². The Morgan fingerprint density at radius 2 is 2.25 bits per heavy atom. The lowest BCUT2D eigenvalue weighted by molar-refractivity contribution is -0.138. The zero-order valence-electron chi connectivity index (χ0n) is 10.9. The fourth-order valence-corrected chi connectivity index (χ4v) is 1.70. The van der Waals surface area contributed by atoms with Crippen molar-refractivity contribution in [2.24, 2.45) is 0 Å². The Morgan fingerprint density at radius 1 is 1.55 bits per heavy atom. The first kappa shape index (κ1) is 13.6. The van der Waals surface area contributed by atoms with Crippen LogP contribution in [0, 0.1) is 0 Å². The van der Waals surface area contributed by atoms with E-state index in [1.54, 1.807) is 7.05 Å². The van der Waals surface area contributed by atoms with E-state index in [1.807, 2.05) is 0 Å². The fourth-order valence-electron chi connectivity index (χ4n) is 1.70. The standard InChI is InChI=1S/C11H13N5O4/c1-15(5-8(17)20-2)6-3-7(10(18)19)9-13-11(12)14-16(9)4-6/h3-4H,5H2,1-2H3,(H2,12,14)(H,18,19). The number of esters is 1. The molecule has 0 amide bonds. The van der Waals surface area contributed by atoms with Crippen molar-refractivity contribution < 1.29 is 19.4 Å². The number of likely N-dealkylation sites (N-methyl/N-ethyl adjacent to an activating group) is 1. The molecule has 0 bridgehead atoms. The molecule has 0 atom stereocenters. The quantitative estimate of drug-likeness (QED) is 0.726. The van der Waals surface area contributed by atoms with Crippen molar-refractivity contribution in [3.8, 4) is 0 Å². The SMILES string of the molecule is COC(=O)CN(C)c1cc(C(=O)O)c2nc(N)nn2c1. The monoisotopic (exact) mass is 279 g/mol. The fraction of sp³-hybridized carbons (Fsp3) is 0.273. The summed E-state index contributed by atoms with van der Waals surface area (Å²) in [5, 5.41) is 13.1. The molecule has 2 aromatic heterocycles. The van der Waals surface area contributed by atoms with Gasteiger partial charge in [-0.3, -0.25) is 4.79 Å². The Kier molecular flexibility index (Phi) is 3.42. The Labute approximate surface area is 113 Å². The van der Waals surface area contributed by atoms with Gasteiger partial charge in [-0.15, -0.1) is 5.10 Å². The molecule has 2 rings (SSSR count). The summed E-state index contributed by atoms with van der Waals surface area (Å²) in [6.07, 6.45) is 1.54.